The first-order valence-corrected chi connectivity index (χ1v) is 4.10. The zero-order valence-electron chi connectivity index (χ0n) is 7.22. The molecule has 1 saturated heterocycles. The van der Waals surface area contributed by atoms with Crippen molar-refractivity contribution in [2.24, 2.45) is 5.92 Å². The minimum atomic E-state index is 0.771. The molecule has 0 aromatic heterocycles. The van der Waals surface area contributed by atoms with Crippen LogP contribution in [-0.2, 0) is 0 Å². The van der Waals surface area contributed by atoms with Crippen molar-refractivity contribution < 1.29 is 0 Å². The second-order valence-corrected chi connectivity index (χ2v) is 3.33. The summed E-state index contributed by atoms with van der Waals surface area (Å²) in [5.74, 6) is 0.870. The molecule has 10 heavy (non-hydrogen) atoms. The molecule has 2 nitrogen and oxygen atoms in total. The van der Waals surface area contributed by atoms with Crippen molar-refractivity contribution in [3.63, 3.8) is 0 Å². The highest BCUT2D eigenvalue weighted by Gasteiger charge is 2.26. The van der Waals surface area contributed by atoms with E-state index in [0.717, 1.165) is 12.0 Å². The third kappa shape index (κ3) is 1.50. The Kier molecular flexibility index (Phi) is 2.69. The van der Waals surface area contributed by atoms with Crippen LogP contribution in [0.5, 0.6) is 0 Å². The summed E-state index contributed by atoms with van der Waals surface area (Å²) >= 11 is 0. The largest absolute Gasteiger partial charge is 0.319 e. The van der Waals surface area contributed by atoms with E-state index in [0.29, 0.717) is 0 Å². The molecule has 60 valence electrons. The summed E-state index contributed by atoms with van der Waals surface area (Å²) in [7, 11) is 4.24. The van der Waals surface area contributed by atoms with Gasteiger partial charge in [-0.05, 0) is 46.4 Å². The molecule has 2 unspecified atom stereocenters. The maximum atomic E-state index is 3.23. The van der Waals surface area contributed by atoms with Gasteiger partial charge in [-0.25, -0.2) is 0 Å². The molecule has 1 rings (SSSR count). The lowest BCUT2D eigenvalue weighted by Gasteiger charge is -2.19. The molecule has 1 N–H and O–H groups in total. The van der Waals surface area contributed by atoms with Crippen molar-refractivity contribution in [1.29, 1.82) is 0 Å². The van der Waals surface area contributed by atoms with Crippen LogP contribution in [-0.4, -0.2) is 38.1 Å². The first-order valence-electron chi connectivity index (χ1n) is 4.10. The maximum Gasteiger partial charge on any atom is 0.0105 e. The molecule has 0 spiro atoms. The van der Waals surface area contributed by atoms with Crippen molar-refractivity contribution >= 4 is 0 Å². The van der Waals surface area contributed by atoms with Crippen LogP contribution < -0.4 is 5.32 Å². The van der Waals surface area contributed by atoms with Crippen LogP contribution in [0.1, 0.15) is 13.3 Å². The van der Waals surface area contributed by atoms with Gasteiger partial charge in [0.2, 0.25) is 0 Å². The van der Waals surface area contributed by atoms with Crippen molar-refractivity contribution in [3.8, 4) is 0 Å². The summed E-state index contributed by atoms with van der Waals surface area (Å²) in [5.41, 5.74) is 0. The third-order valence-corrected chi connectivity index (χ3v) is 2.70. The zero-order valence-corrected chi connectivity index (χ0v) is 7.22. The van der Waals surface area contributed by atoms with Crippen molar-refractivity contribution in [2.45, 2.75) is 19.4 Å². The van der Waals surface area contributed by atoms with Gasteiger partial charge in [0.1, 0.15) is 0 Å². The summed E-state index contributed by atoms with van der Waals surface area (Å²) in [6.45, 7) is 4.76. The molecule has 0 aliphatic carbocycles. The van der Waals surface area contributed by atoms with Gasteiger partial charge in [0, 0.05) is 6.04 Å². The average molecular weight is 142 g/mol. The highest BCUT2D eigenvalue weighted by molar-refractivity contribution is 4.82. The van der Waals surface area contributed by atoms with Crippen molar-refractivity contribution in [2.75, 3.05) is 27.2 Å². The van der Waals surface area contributed by atoms with Gasteiger partial charge >= 0.3 is 0 Å². The Hall–Kier alpha value is -0.0800. The highest BCUT2D eigenvalue weighted by atomic mass is 15.2. The van der Waals surface area contributed by atoms with Gasteiger partial charge < -0.3 is 10.2 Å². The predicted molar refractivity (Wildman–Crippen MR) is 44.1 cm³/mol. The van der Waals surface area contributed by atoms with E-state index in [1.807, 2.05) is 7.05 Å². The minimum Gasteiger partial charge on any atom is -0.319 e. The fourth-order valence-electron chi connectivity index (χ4n) is 1.71. The molecule has 0 radical (unpaired) electrons. The first-order chi connectivity index (χ1) is 4.75. The Labute approximate surface area is 63.6 Å². The van der Waals surface area contributed by atoms with Crippen LogP contribution >= 0.6 is 0 Å². The first kappa shape index (κ1) is 8.02. The molecule has 0 aromatic rings. The summed E-state index contributed by atoms with van der Waals surface area (Å²) in [5, 5.41) is 3.23. The zero-order chi connectivity index (χ0) is 7.56. The third-order valence-electron chi connectivity index (χ3n) is 2.70. The van der Waals surface area contributed by atoms with E-state index in [1.165, 1.54) is 19.5 Å². The Morgan fingerprint density at radius 3 is 2.70 bits per heavy atom. The Morgan fingerprint density at radius 1 is 1.60 bits per heavy atom. The number of hydrogen-bond donors (Lipinski definition) is 1. The molecular formula is C8H18N2. The Balaban J connectivity index is 2.33. The normalized spacial score (nSPS) is 35.1. The fourth-order valence-corrected chi connectivity index (χ4v) is 1.71. The van der Waals surface area contributed by atoms with Crippen molar-refractivity contribution in [3.05, 3.63) is 0 Å². The summed E-state index contributed by atoms with van der Waals surface area (Å²) in [6, 6.07) is 0.771. The van der Waals surface area contributed by atoms with Crippen LogP contribution in [0.25, 0.3) is 0 Å². The molecule has 1 aliphatic heterocycles. The minimum absolute atomic E-state index is 0.771. The fraction of sp³-hybridized carbons (Fsp3) is 1.00. The summed E-state index contributed by atoms with van der Waals surface area (Å²) in [6.07, 6.45) is 1.36. The monoisotopic (exact) mass is 142 g/mol. The predicted octanol–water partition coefficient (Wildman–Crippen LogP) is 0.546. The molecular weight excluding hydrogens is 124 g/mol. The Morgan fingerprint density at radius 2 is 2.30 bits per heavy atom. The van der Waals surface area contributed by atoms with Gasteiger partial charge in [-0.15, -0.1) is 0 Å². The van der Waals surface area contributed by atoms with E-state index < -0.39 is 0 Å². The van der Waals surface area contributed by atoms with Crippen LogP contribution in [0.3, 0.4) is 0 Å². The number of nitrogens with one attached hydrogen (secondary N) is 1. The molecule has 0 saturated carbocycles. The average Bonchev–Trinajstić information content (AvgIpc) is 2.20. The number of likely N-dealkylation sites (tertiary alicyclic amines) is 1. The lowest BCUT2D eigenvalue weighted by atomic mass is 10.0. The van der Waals surface area contributed by atoms with E-state index in [9.17, 15) is 0 Å². The van der Waals surface area contributed by atoms with Crippen LogP contribution in [0, 0.1) is 5.92 Å². The van der Waals surface area contributed by atoms with Gasteiger partial charge in [-0.2, -0.15) is 0 Å². The van der Waals surface area contributed by atoms with Gasteiger partial charge in [0.15, 0.2) is 0 Å². The standard InChI is InChI=1S/C8H18N2/c1-7-8(6-9-2)4-5-10(7)3/h7-9H,4-6H2,1-3H3. The van der Waals surface area contributed by atoms with E-state index in [2.05, 4.69) is 24.2 Å². The molecule has 2 heteroatoms. The molecule has 0 aromatic carbocycles. The van der Waals surface area contributed by atoms with Gasteiger partial charge in [-0.1, -0.05) is 0 Å². The molecule has 1 fully saturated rings. The van der Waals surface area contributed by atoms with Crippen molar-refractivity contribution in [1.82, 2.24) is 10.2 Å². The summed E-state index contributed by atoms with van der Waals surface area (Å²) in [4.78, 5) is 2.43. The highest BCUT2D eigenvalue weighted by Crippen LogP contribution is 2.20. The van der Waals surface area contributed by atoms with E-state index >= 15 is 0 Å². The number of rotatable bonds is 2. The van der Waals surface area contributed by atoms with E-state index in [1.54, 1.807) is 0 Å². The second kappa shape index (κ2) is 3.35. The van der Waals surface area contributed by atoms with E-state index in [4.69, 9.17) is 0 Å². The van der Waals surface area contributed by atoms with Crippen LogP contribution in [0.4, 0.5) is 0 Å². The Bertz CT molecular complexity index is 101. The SMILES string of the molecule is CNCC1CCN(C)C1C. The quantitative estimate of drug-likeness (QED) is 0.605. The van der Waals surface area contributed by atoms with Crippen LogP contribution in [0.2, 0.25) is 0 Å². The second-order valence-electron chi connectivity index (χ2n) is 3.33. The lowest BCUT2D eigenvalue weighted by Crippen LogP contribution is -2.30. The van der Waals surface area contributed by atoms with E-state index in [-0.39, 0.29) is 0 Å². The molecule has 1 heterocycles. The number of nitrogens with zero attached hydrogens (tertiary/aromatic N) is 1. The topological polar surface area (TPSA) is 15.3 Å². The molecule has 0 bridgehead atoms. The molecule has 2 atom stereocenters. The van der Waals surface area contributed by atoms with Gasteiger partial charge in [0.05, 0.1) is 0 Å². The van der Waals surface area contributed by atoms with Crippen LogP contribution in [0.15, 0.2) is 0 Å². The van der Waals surface area contributed by atoms with Gasteiger partial charge in [0.25, 0.3) is 0 Å². The smallest absolute Gasteiger partial charge is 0.0105 e. The molecule has 0 amide bonds. The lowest BCUT2D eigenvalue weighted by molar-refractivity contribution is 0.290. The maximum absolute atomic E-state index is 3.23. The summed E-state index contributed by atoms with van der Waals surface area (Å²) < 4.78 is 0. The number of hydrogen-bond acceptors (Lipinski definition) is 2. The van der Waals surface area contributed by atoms with Gasteiger partial charge in [-0.3, -0.25) is 0 Å². The molecule has 1 aliphatic rings.